The molecule has 2 amide bonds. The Bertz CT molecular complexity index is 718. The van der Waals surface area contributed by atoms with Crippen LogP contribution in [-0.2, 0) is 6.54 Å². The van der Waals surface area contributed by atoms with Crippen molar-refractivity contribution in [3.05, 3.63) is 48.5 Å². The zero-order valence-corrected chi connectivity index (χ0v) is 16.0. The van der Waals surface area contributed by atoms with Crippen LogP contribution in [0.2, 0.25) is 0 Å². The molecule has 6 heteroatoms. The van der Waals surface area contributed by atoms with Crippen molar-refractivity contribution < 1.29 is 4.79 Å². The number of hydrogen-bond donors (Lipinski definition) is 3. The molecule has 1 aromatic heterocycles. The van der Waals surface area contributed by atoms with E-state index in [1.807, 2.05) is 35.0 Å². The van der Waals surface area contributed by atoms with Gasteiger partial charge < -0.3 is 20.5 Å². The largest absolute Gasteiger partial charge is 0.335 e. The van der Waals surface area contributed by atoms with E-state index in [1.165, 1.54) is 0 Å². The summed E-state index contributed by atoms with van der Waals surface area (Å²) in [5.74, 6) is 0. The Kier molecular flexibility index (Phi) is 5.05. The Morgan fingerprint density at radius 3 is 2.42 bits per heavy atom. The van der Waals surface area contributed by atoms with Gasteiger partial charge >= 0.3 is 6.03 Å². The summed E-state index contributed by atoms with van der Waals surface area (Å²) in [6.07, 6.45) is 7.27. The Labute approximate surface area is 155 Å². The van der Waals surface area contributed by atoms with Crippen LogP contribution in [0.1, 0.15) is 46.1 Å². The minimum atomic E-state index is -0.109. The third kappa shape index (κ3) is 4.85. The summed E-state index contributed by atoms with van der Waals surface area (Å²) in [6.45, 7) is 9.24. The van der Waals surface area contributed by atoms with Crippen molar-refractivity contribution in [2.24, 2.45) is 0 Å². The van der Waals surface area contributed by atoms with Gasteiger partial charge in [0.25, 0.3) is 0 Å². The van der Waals surface area contributed by atoms with E-state index in [0.29, 0.717) is 6.54 Å². The highest BCUT2D eigenvalue weighted by atomic mass is 16.2. The van der Waals surface area contributed by atoms with Crippen LogP contribution in [0.4, 0.5) is 4.79 Å². The SMILES string of the molecule is CC1(C)CC(NC(=O)NCc2ccc(-n3ccnc3)cc2)CC(C)(C)N1. The lowest BCUT2D eigenvalue weighted by atomic mass is 9.80. The van der Waals surface area contributed by atoms with E-state index in [4.69, 9.17) is 0 Å². The van der Waals surface area contributed by atoms with Crippen molar-refractivity contribution in [2.45, 2.75) is 64.2 Å². The van der Waals surface area contributed by atoms with E-state index < -0.39 is 0 Å². The van der Waals surface area contributed by atoms with Crippen molar-refractivity contribution in [2.75, 3.05) is 0 Å². The molecule has 26 heavy (non-hydrogen) atoms. The molecular formula is C20H29N5O. The number of nitrogens with zero attached hydrogens (tertiary/aromatic N) is 2. The van der Waals surface area contributed by atoms with Crippen LogP contribution in [0.15, 0.2) is 43.0 Å². The molecular weight excluding hydrogens is 326 g/mol. The van der Waals surface area contributed by atoms with Crippen molar-refractivity contribution in [1.29, 1.82) is 0 Å². The van der Waals surface area contributed by atoms with E-state index >= 15 is 0 Å². The maximum Gasteiger partial charge on any atom is 0.315 e. The lowest BCUT2D eigenvalue weighted by Gasteiger charge is -2.46. The zero-order chi connectivity index (χ0) is 18.8. The van der Waals surface area contributed by atoms with Gasteiger partial charge in [-0.05, 0) is 58.2 Å². The molecule has 0 aliphatic carbocycles. The van der Waals surface area contributed by atoms with Crippen molar-refractivity contribution in [3.63, 3.8) is 0 Å². The van der Waals surface area contributed by atoms with E-state index in [2.05, 4.69) is 48.6 Å². The number of rotatable bonds is 4. The zero-order valence-electron chi connectivity index (χ0n) is 16.0. The number of benzene rings is 1. The van der Waals surface area contributed by atoms with Gasteiger partial charge in [-0.2, -0.15) is 0 Å². The molecule has 1 aliphatic rings. The average Bonchev–Trinajstić information content (AvgIpc) is 3.04. The fourth-order valence-electron chi connectivity index (χ4n) is 4.04. The number of amides is 2. The normalized spacial score (nSPS) is 19.1. The molecule has 2 aromatic rings. The highest BCUT2D eigenvalue weighted by Gasteiger charge is 2.38. The van der Waals surface area contributed by atoms with Crippen LogP contribution in [0.25, 0.3) is 5.69 Å². The monoisotopic (exact) mass is 355 g/mol. The summed E-state index contributed by atoms with van der Waals surface area (Å²) < 4.78 is 1.95. The predicted molar refractivity (Wildman–Crippen MR) is 103 cm³/mol. The third-order valence-corrected chi connectivity index (χ3v) is 4.72. The van der Waals surface area contributed by atoms with Gasteiger partial charge in [0.1, 0.15) is 0 Å². The molecule has 0 bridgehead atoms. The fourth-order valence-corrected chi connectivity index (χ4v) is 4.04. The molecule has 0 unspecified atom stereocenters. The van der Waals surface area contributed by atoms with Crippen LogP contribution < -0.4 is 16.0 Å². The standard InChI is InChI=1S/C20H29N5O/c1-19(2)11-16(12-20(3,4)24-19)23-18(26)22-13-15-5-7-17(8-6-15)25-10-9-21-14-25/h5-10,14,16,24H,11-13H2,1-4H3,(H2,22,23,26). The van der Waals surface area contributed by atoms with Crippen molar-refractivity contribution in [3.8, 4) is 5.69 Å². The molecule has 1 fully saturated rings. The van der Waals surface area contributed by atoms with Crippen molar-refractivity contribution >= 4 is 6.03 Å². The predicted octanol–water partition coefficient (Wildman–Crippen LogP) is 2.98. The average molecular weight is 355 g/mol. The Morgan fingerprint density at radius 1 is 1.19 bits per heavy atom. The maximum absolute atomic E-state index is 12.3. The molecule has 6 nitrogen and oxygen atoms in total. The highest BCUT2D eigenvalue weighted by molar-refractivity contribution is 5.74. The van der Waals surface area contributed by atoms with Gasteiger partial charge in [0, 0.05) is 41.7 Å². The van der Waals surface area contributed by atoms with Crippen LogP contribution >= 0.6 is 0 Å². The third-order valence-electron chi connectivity index (χ3n) is 4.72. The number of nitrogens with one attached hydrogen (secondary N) is 3. The quantitative estimate of drug-likeness (QED) is 0.790. The van der Waals surface area contributed by atoms with E-state index in [0.717, 1.165) is 24.1 Å². The van der Waals surface area contributed by atoms with Gasteiger partial charge in [-0.1, -0.05) is 12.1 Å². The molecule has 0 saturated carbocycles. The smallest absolute Gasteiger partial charge is 0.315 e. The lowest BCUT2D eigenvalue weighted by molar-refractivity contribution is 0.147. The number of urea groups is 1. The number of hydrogen-bond acceptors (Lipinski definition) is 3. The molecule has 140 valence electrons. The van der Waals surface area contributed by atoms with Gasteiger partial charge in [-0.15, -0.1) is 0 Å². The first-order chi connectivity index (χ1) is 12.2. The topological polar surface area (TPSA) is 71.0 Å². The molecule has 3 N–H and O–H groups in total. The van der Waals surface area contributed by atoms with E-state index in [9.17, 15) is 4.79 Å². The van der Waals surface area contributed by atoms with Crippen molar-refractivity contribution in [1.82, 2.24) is 25.5 Å². The van der Waals surface area contributed by atoms with E-state index in [-0.39, 0.29) is 23.2 Å². The molecule has 1 aliphatic heterocycles. The first-order valence-electron chi connectivity index (χ1n) is 9.13. The summed E-state index contributed by atoms with van der Waals surface area (Å²) >= 11 is 0. The molecule has 0 atom stereocenters. The number of aromatic nitrogens is 2. The first-order valence-corrected chi connectivity index (χ1v) is 9.13. The minimum Gasteiger partial charge on any atom is -0.335 e. The lowest BCUT2D eigenvalue weighted by Crippen LogP contribution is -2.62. The van der Waals surface area contributed by atoms with Gasteiger partial charge in [-0.3, -0.25) is 0 Å². The molecule has 1 saturated heterocycles. The maximum atomic E-state index is 12.3. The summed E-state index contributed by atoms with van der Waals surface area (Å²) in [4.78, 5) is 16.4. The van der Waals surface area contributed by atoms with Crippen LogP contribution in [-0.4, -0.2) is 32.7 Å². The van der Waals surface area contributed by atoms with Gasteiger partial charge in [-0.25, -0.2) is 9.78 Å². The fraction of sp³-hybridized carbons (Fsp3) is 0.500. The number of carbonyl (C=O) groups is 1. The second kappa shape index (κ2) is 7.11. The van der Waals surface area contributed by atoms with Gasteiger partial charge in [0.05, 0.1) is 6.33 Å². The Morgan fingerprint density at radius 2 is 1.85 bits per heavy atom. The van der Waals surface area contributed by atoms with Gasteiger partial charge in [0.15, 0.2) is 0 Å². The van der Waals surface area contributed by atoms with Gasteiger partial charge in [0.2, 0.25) is 0 Å². The minimum absolute atomic E-state index is 0.0167. The van der Waals surface area contributed by atoms with Crippen LogP contribution in [0.3, 0.4) is 0 Å². The first kappa shape index (κ1) is 18.5. The molecule has 0 radical (unpaired) electrons. The number of carbonyl (C=O) groups excluding carboxylic acids is 1. The highest BCUT2D eigenvalue weighted by Crippen LogP contribution is 2.28. The molecule has 3 rings (SSSR count). The Balaban J connectivity index is 1.51. The summed E-state index contributed by atoms with van der Waals surface area (Å²) in [7, 11) is 0. The second-order valence-corrected chi connectivity index (χ2v) is 8.46. The summed E-state index contributed by atoms with van der Waals surface area (Å²) in [5, 5.41) is 9.73. The molecule has 1 aromatic carbocycles. The summed E-state index contributed by atoms with van der Waals surface area (Å²) in [5.41, 5.74) is 2.15. The van der Waals surface area contributed by atoms with E-state index in [1.54, 1.807) is 12.5 Å². The number of piperidine rings is 1. The molecule has 0 spiro atoms. The van der Waals surface area contributed by atoms with Crippen LogP contribution in [0, 0.1) is 0 Å². The second-order valence-electron chi connectivity index (χ2n) is 8.46. The summed E-state index contributed by atoms with van der Waals surface area (Å²) in [6, 6.07) is 8.15. The molecule has 2 heterocycles. The van der Waals surface area contributed by atoms with Crippen LogP contribution in [0.5, 0.6) is 0 Å². The Hall–Kier alpha value is -2.34. The number of imidazole rings is 1.